The van der Waals surface area contributed by atoms with Crippen LogP contribution in [-0.4, -0.2) is 255 Å². The summed E-state index contributed by atoms with van der Waals surface area (Å²) in [6, 6.07) is 13.0. The standard InChI is InChI=1S/C76H98F5N13O22/c1-4-20-92(21-5-2)46(3)51-39-49-7-8-50(40-54(49)88-57(82)41-51)73(102)87-52-9-11-58(86-42-52)93-22-13-48(14-23-93)72(101)84-18-19-85-76(105)113-44-47-6-10-56(114-75-69(100)67(98)68(99)71(116-75)74(103)104)55(38-47)89-60(96)12-17-83-59(95)15-25-107-28-29-108-30-31-109-32-33-110-34-35-111-36-37-112-45-53-43-94(91-90-53)24-27-106-26-16-61(97)115-70-65(80)63(78)62(77)64(79)66(70)81/h6-11,38-40,42-43,48,67-69,71,75,98-100H,3-5,12-37,41,44-45H2,1-2H3,(H2,82,88)(H,83,95)(H,84,101)(H,85,105)(H,87,102)(H,89,96)(H,103,104)/t67-,68?,69?,71-,75+/m0/s1. The number of hydrogen-bond donors (Lipinski definition) is 10. The van der Waals surface area contributed by atoms with E-state index in [-0.39, 0.29) is 141 Å². The molecule has 8 rings (SSSR count). The number of carbonyl (C=O) groups excluding carboxylic acids is 6. The summed E-state index contributed by atoms with van der Waals surface area (Å²) in [5, 5.41) is 62.4. The van der Waals surface area contributed by atoms with Gasteiger partial charge in [0.15, 0.2) is 6.10 Å². The summed E-state index contributed by atoms with van der Waals surface area (Å²) in [5.74, 6) is -17.0. The fraction of sp³-hybridized carbons (Fsp3) is 0.513. The Morgan fingerprint density at radius 3 is 1.95 bits per heavy atom. The molecule has 5 heterocycles. The number of rotatable bonds is 49. The molecule has 2 unspecified atom stereocenters. The molecule has 11 N–H and O–H groups in total. The lowest BCUT2D eigenvalue weighted by Crippen LogP contribution is -2.61. The quantitative estimate of drug-likeness (QED) is 0.00629. The zero-order valence-electron chi connectivity index (χ0n) is 64.2. The molecule has 5 amide bonds. The third-order valence-electron chi connectivity index (χ3n) is 17.8. The molecule has 0 bridgehead atoms. The fourth-order valence-corrected chi connectivity index (χ4v) is 11.7. The molecule has 116 heavy (non-hydrogen) atoms. The topological polar surface area (TPSA) is 451 Å². The Hall–Kier alpha value is -10.4. The Morgan fingerprint density at radius 1 is 0.672 bits per heavy atom. The number of alkyl carbamates (subject to hydrolysis) is 1. The van der Waals surface area contributed by atoms with Gasteiger partial charge in [-0.2, -0.15) is 8.78 Å². The van der Waals surface area contributed by atoms with E-state index in [1.807, 2.05) is 12.1 Å². The van der Waals surface area contributed by atoms with Crippen LogP contribution < -0.4 is 46.7 Å². The van der Waals surface area contributed by atoms with Crippen LogP contribution in [0.25, 0.3) is 6.08 Å². The number of carboxylic acids is 1. The van der Waals surface area contributed by atoms with Gasteiger partial charge in [-0.3, -0.25) is 24.0 Å². The number of aliphatic imine (C=N–C) groups is 1. The SMILES string of the molecule is C=C(C1=Cc2ccc(C(=O)Nc3ccc(N4CCC(C(=O)NCCNC(=O)OCc5ccc(O[C@@H]6O[C@H](C(=O)O)C(O)[C@H](O)C6O)c(NC(=O)CCNC(=O)CCOCCOCCOCCOCCOCCOCc6cn(CCOCCC(=O)Oc7c(F)c(F)c(F)c(F)c7F)nn6)c5)CC4)nc3)cc2N=C(N)C1)N(CCC)CCC. The highest BCUT2D eigenvalue weighted by Gasteiger charge is 2.48. The van der Waals surface area contributed by atoms with E-state index >= 15 is 0 Å². The third kappa shape index (κ3) is 28.8. The number of esters is 1. The Labute approximate surface area is 664 Å². The first kappa shape index (κ1) is 91.1. The Morgan fingerprint density at radius 2 is 1.30 bits per heavy atom. The molecule has 0 aliphatic carbocycles. The predicted octanol–water partition coefficient (Wildman–Crippen LogP) is 4.71. The molecule has 3 aliphatic rings. The number of aliphatic carboxylic acids is 1. The molecule has 5 atom stereocenters. The Kier molecular flexibility index (Phi) is 37.4. The molecular formula is C76H98F5N13O22. The lowest BCUT2D eigenvalue weighted by Gasteiger charge is -2.38. The molecule has 0 saturated carbocycles. The molecular weight excluding hydrogens is 1540 g/mol. The third-order valence-corrected chi connectivity index (χ3v) is 17.8. The molecule has 5 aromatic rings. The average Bonchev–Trinajstić information content (AvgIpc) is 0.924. The lowest BCUT2D eigenvalue weighted by molar-refractivity contribution is -0.271. The van der Waals surface area contributed by atoms with E-state index in [0.29, 0.717) is 98.6 Å². The van der Waals surface area contributed by atoms with Gasteiger partial charge in [0.2, 0.25) is 58.8 Å². The van der Waals surface area contributed by atoms with Crippen LogP contribution in [0.3, 0.4) is 0 Å². The molecule has 0 spiro atoms. The second-order valence-corrected chi connectivity index (χ2v) is 26.5. The maximum atomic E-state index is 13.7. The van der Waals surface area contributed by atoms with Gasteiger partial charge in [-0.15, -0.1) is 5.10 Å². The van der Waals surface area contributed by atoms with E-state index in [1.165, 1.54) is 22.9 Å². The van der Waals surface area contributed by atoms with E-state index in [4.69, 9.17) is 53.1 Å². The number of aliphatic hydroxyl groups is 3. The maximum absolute atomic E-state index is 13.7. The minimum atomic E-state index is -2.38. The first-order valence-electron chi connectivity index (χ1n) is 37.7. The summed E-state index contributed by atoms with van der Waals surface area (Å²) in [6.45, 7) is 13.9. The summed E-state index contributed by atoms with van der Waals surface area (Å²) >= 11 is 0. The number of nitrogens with zero attached hydrogens (tertiary/aromatic N) is 7. The van der Waals surface area contributed by atoms with Crippen molar-refractivity contribution in [3.63, 3.8) is 0 Å². The highest BCUT2D eigenvalue weighted by Crippen LogP contribution is 2.35. The van der Waals surface area contributed by atoms with E-state index in [0.717, 1.165) is 42.8 Å². The van der Waals surface area contributed by atoms with Gasteiger partial charge in [0.05, 0.1) is 135 Å². The summed E-state index contributed by atoms with van der Waals surface area (Å²) < 4.78 is 128. The summed E-state index contributed by atoms with van der Waals surface area (Å²) in [5.41, 5.74) is 11.3. The Balaban J connectivity index is 0.638. The van der Waals surface area contributed by atoms with Crippen LogP contribution in [0.4, 0.5) is 49.6 Å². The van der Waals surface area contributed by atoms with Gasteiger partial charge in [-0.05, 0) is 79.3 Å². The van der Waals surface area contributed by atoms with E-state index < -0.39 is 102 Å². The van der Waals surface area contributed by atoms with Crippen molar-refractivity contribution in [3.8, 4) is 11.5 Å². The molecule has 35 nitrogen and oxygen atoms in total. The van der Waals surface area contributed by atoms with Crippen LogP contribution in [0, 0.1) is 35.0 Å². The van der Waals surface area contributed by atoms with E-state index in [9.17, 15) is 75.9 Å². The van der Waals surface area contributed by atoms with Crippen molar-refractivity contribution in [1.29, 1.82) is 0 Å². The van der Waals surface area contributed by atoms with Gasteiger partial charge in [0.25, 0.3) is 5.91 Å². The number of hydrogen-bond acceptors (Lipinski definition) is 28. The van der Waals surface area contributed by atoms with Crippen molar-refractivity contribution in [1.82, 2.24) is 40.8 Å². The molecule has 3 aliphatic heterocycles. The van der Waals surface area contributed by atoms with Gasteiger partial charge in [-0.1, -0.05) is 37.8 Å². The van der Waals surface area contributed by atoms with Gasteiger partial charge >= 0.3 is 18.0 Å². The largest absolute Gasteiger partial charge is 0.479 e. The van der Waals surface area contributed by atoms with Crippen molar-refractivity contribution < 1.29 is 128 Å². The zero-order valence-corrected chi connectivity index (χ0v) is 64.2. The smallest absolute Gasteiger partial charge is 0.407 e. The summed E-state index contributed by atoms with van der Waals surface area (Å²) in [7, 11) is 0. The lowest BCUT2D eigenvalue weighted by atomic mass is 9.96. The molecule has 2 saturated heterocycles. The number of amides is 5. The number of pyridine rings is 1. The van der Waals surface area contributed by atoms with Gasteiger partial charge in [0, 0.05) is 87.8 Å². The number of nitrogens with two attached hydrogens (primary N) is 1. The van der Waals surface area contributed by atoms with Crippen molar-refractivity contribution in [2.75, 3.05) is 147 Å². The highest BCUT2D eigenvalue weighted by atomic mass is 19.2. The van der Waals surface area contributed by atoms with Gasteiger partial charge in [0.1, 0.15) is 48.0 Å². The highest BCUT2D eigenvalue weighted by molar-refractivity contribution is 6.05. The molecule has 634 valence electrons. The number of anilines is 3. The van der Waals surface area contributed by atoms with Crippen molar-refractivity contribution in [2.45, 2.75) is 116 Å². The second-order valence-electron chi connectivity index (χ2n) is 26.5. The second kappa shape index (κ2) is 47.6. The van der Waals surface area contributed by atoms with Gasteiger partial charge in [-0.25, -0.2) is 37.4 Å². The first-order chi connectivity index (χ1) is 55.9. The number of aliphatic hydroxyl groups excluding tert-OH is 3. The molecule has 3 aromatic carbocycles. The molecule has 40 heteroatoms. The van der Waals surface area contributed by atoms with Crippen LogP contribution in [0.15, 0.2) is 83.8 Å². The van der Waals surface area contributed by atoms with Crippen LogP contribution in [0.5, 0.6) is 11.5 Å². The van der Waals surface area contributed by atoms with Crippen LogP contribution in [0.2, 0.25) is 0 Å². The molecule has 2 aromatic heterocycles. The zero-order chi connectivity index (χ0) is 83.5. The van der Waals surface area contributed by atoms with Crippen molar-refractivity contribution in [3.05, 3.63) is 130 Å². The number of aromatic nitrogens is 4. The van der Waals surface area contributed by atoms with E-state index in [1.54, 1.807) is 36.7 Å². The number of allylic oxidation sites excluding steroid dienone is 1. The minimum Gasteiger partial charge on any atom is -0.479 e. The maximum Gasteiger partial charge on any atom is 0.407 e. The number of halogens is 5. The summed E-state index contributed by atoms with van der Waals surface area (Å²) in [6.07, 6.45) is -2.82. The van der Waals surface area contributed by atoms with Crippen molar-refractivity contribution in [2.24, 2.45) is 16.6 Å². The number of amidine groups is 1. The Bertz CT molecular complexity index is 4120. The number of fused-ring (bicyclic) bond motifs is 1. The fourth-order valence-electron chi connectivity index (χ4n) is 11.7. The van der Waals surface area contributed by atoms with Gasteiger partial charge < -0.3 is 115 Å². The summed E-state index contributed by atoms with van der Waals surface area (Å²) in [4.78, 5) is 103. The number of carbonyl (C=O) groups is 7. The van der Waals surface area contributed by atoms with Crippen LogP contribution in [0.1, 0.15) is 92.4 Å². The first-order valence-corrected chi connectivity index (χ1v) is 37.7. The van der Waals surface area contributed by atoms with Crippen LogP contribution >= 0.6 is 0 Å². The minimum absolute atomic E-state index is 0.0119. The van der Waals surface area contributed by atoms with E-state index in [2.05, 4.69) is 81.8 Å². The monoisotopic (exact) mass is 1640 g/mol. The number of ether oxygens (including phenoxy) is 11. The predicted molar refractivity (Wildman–Crippen MR) is 403 cm³/mol. The van der Waals surface area contributed by atoms with Crippen LogP contribution in [-0.2, 0) is 86.4 Å². The normalized spacial score (nSPS) is 16.7. The number of nitrogens with one attached hydrogen (secondary N) is 5. The molecule has 2 fully saturated rings. The molecule has 0 radical (unpaired) electrons. The number of carboxylic acid groups (broad SMARTS) is 1. The number of piperidine rings is 1. The number of benzene rings is 3. The average molecular weight is 1640 g/mol. The van der Waals surface area contributed by atoms with Crippen molar-refractivity contribution >= 4 is 76.5 Å².